The van der Waals surface area contributed by atoms with Crippen LogP contribution in [0.1, 0.15) is 10.4 Å². The number of piperazine rings is 1. The summed E-state index contributed by atoms with van der Waals surface area (Å²) in [6.07, 6.45) is 3.29. The molecule has 182 valence electrons. The number of hydrogen-bond donors (Lipinski definition) is 2. The minimum atomic E-state index is -0.376. The van der Waals surface area contributed by atoms with E-state index in [2.05, 4.69) is 48.8 Å². The Morgan fingerprint density at radius 3 is 2.97 bits per heavy atom. The van der Waals surface area contributed by atoms with E-state index in [1.165, 1.54) is 22.5 Å². The Morgan fingerprint density at radius 2 is 2.11 bits per heavy atom. The molecule has 5 aromatic rings. The summed E-state index contributed by atoms with van der Waals surface area (Å²) in [5, 5.41) is 12.9. The standard InChI is InChI=1S/C26H24FN7OS/c1-16-6-7-18(11-21(16)27)34-13-20-24(32-34)30-15-31-25(20)33-9-8-28-22(14-33)26(35)29-12-19-10-17-4-2-3-5-23(17)36-19/h2-7,10-11,13,15,22,28H,8-9,12,14H2,1H3,(H,29,35). The Labute approximate surface area is 210 Å². The van der Waals surface area contributed by atoms with Gasteiger partial charge in [0.1, 0.15) is 24.0 Å². The number of benzene rings is 2. The van der Waals surface area contributed by atoms with Crippen LogP contribution in [0.5, 0.6) is 0 Å². The van der Waals surface area contributed by atoms with E-state index >= 15 is 0 Å². The highest BCUT2D eigenvalue weighted by Crippen LogP contribution is 2.26. The highest BCUT2D eigenvalue weighted by atomic mass is 32.1. The fourth-order valence-corrected chi connectivity index (χ4v) is 5.48. The average Bonchev–Trinajstić information content (AvgIpc) is 3.53. The van der Waals surface area contributed by atoms with Crippen molar-refractivity contribution in [1.29, 1.82) is 0 Å². The van der Waals surface area contributed by atoms with Gasteiger partial charge in [-0.2, -0.15) is 0 Å². The van der Waals surface area contributed by atoms with Crippen LogP contribution < -0.4 is 15.5 Å². The summed E-state index contributed by atoms with van der Waals surface area (Å²) in [5.41, 5.74) is 1.71. The summed E-state index contributed by atoms with van der Waals surface area (Å²) in [6.45, 7) is 4.02. The largest absolute Gasteiger partial charge is 0.353 e. The van der Waals surface area contributed by atoms with Crippen LogP contribution in [0.3, 0.4) is 0 Å². The van der Waals surface area contributed by atoms with Crippen molar-refractivity contribution in [2.24, 2.45) is 0 Å². The summed E-state index contributed by atoms with van der Waals surface area (Å²) in [6, 6.07) is 15.0. The zero-order valence-corrected chi connectivity index (χ0v) is 20.4. The molecule has 3 aromatic heterocycles. The Kier molecular flexibility index (Phi) is 5.82. The number of halogens is 1. The molecular weight excluding hydrogens is 477 g/mol. The molecule has 4 heterocycles. The quantitative estimate of drug-likeness (QED) is 0.383. The fourth-order valence-electron chi connectivity index (χ4n) is 4.47. The number of aromatic nitrogens is 4. The summed E-state index contributed by atoms with van der Waals surface area (Å²) < 4.78 is 16.9. The van der Waals surface area contributed by atoms with Crippen molar-refractivity contribution in [2.75, 3.05) is 24.5 Å². The van der Waals surface area contributed by atoms with E-state index in [-0.39, 0.29) is 17.8 Å². The summed E-state index contributed by atoms with van der Waals surface area (Å²) in [4.78, 5) is 25.0. The van der Waals surface area contributed by atoms with Crippen LogP contribution in [-0.2, 0) is 11.3 Å². The second kappa shape index (κ2) is 9.29. The van der Waals surface area contributed by atoms with Gasteiger partial charge in [-0.15, -0.1) is 16.4 Å². The molecule has 6 rings (SSSR count). The molecule has 1 amide bonds. The molecule has 8 nitrogen and oxygen atoms in total. The molecule has 0 bridgehead atoms. The molecule has 0 radical (unpaired) electrons. The van der Waals surface area contributed by atoms with Crippen LogP contribution in [0.25, 0.3) is 26.8 Å². The molecule has 1 aliphatic heterocycles. The van der Waals surface area contributed by atoms with E-state index in [1.807, 2.05) is 24.4 Å². The van der Waals surface area contributed by atoms with Gasteiger partial charge in [0.25, 0.3) is 0 Å². The number of nitrogens with zero attached hydrogens (tertiary/aromatic N) is 5. The van der Waals surface area contributed by atoms with E-state index in [0.717, 1.165) is 10.3 Å². The Morgan fingerprint density at radius 1 is 1.22 bits per heavy atom. The molecule has 2 aromatic carbocycles. The molecule has 10 heteroatoms. The van der Waals surface area contributed by atoms with Crippen molar-refractivity contribution >= 4 is 44.2 Å². The van der Waals surface area contributed by atoms with Gasteiger partial charge in [-0.05, 0) is 42.1 Å². The lowest BCUT2D eigenvalue weighted by molar-refractivity contribution is -0.123. The minimum absolute atomic E-state index is 0.0479. The van der Waals surface area contributed by atoms with Crippen molar-refractivity contribution in [3.63, 3.8) is 0 Å². The van der Waals surface area contributed by atoms with Gasteiger partial charge in [-0.25, -0.2) is 19.0 Å². The van der Waals surface area contributed by atoms with Crippen molar-refractivity contribution in [3.8, 4) is 5.69 Å². The zero-order chi connectivity index (χ0) is 24.6. The number of hydrogen-bond acceptors (Lipinski definition) is 7. The van der Waals surface area contributed by atoms with E-state index in [0.29, 0.717) is 48.9 Å². The van der Waals surface area contributed by atoms with Gasteiger partial charge < -0.3 is 15.5 Å². The SMILES string of the molecule is Cc1ccc(-n2cc3c(N4CCNC(C(=O)NCc5cc6ccccc6s5)C4)ncnc3n2)cc1F. The molecule has 36 heavy (non-hydrogen) atoms. The Hall–Kier alpha value is -3.89. The molecule has 2 N–H and O–H groups in total. The second-order valence-corrected chi connectivity index (χ2v) is 10.0. The summed E-state index contributed by atoms with van der Waals surface area (Å²) in [5.74, 6) is 0.376. The van der Waals surface area contributed by atoms with Gasteiger partial charge in [-0.1, -0.05) is 24.3 Å². The summed E-state index contributed by atoms with van der Waals surface area (Å²) >= 11 is 1.69. The smallest absolute Gasteiger partial charge is 0.239 e. The number of anilines is 1. The van der Waals surface area contributed by atoms with Crippen LogP contribution in [-0.4, -0.2) is 51.3 Å². The molecule has 0 saturated carbocycles. The van der Waals surface area contributed by atoms with Crippen LogP contribution >= 0.6 is 11.3 Å². The van der Waals surface area contributed by atoms with E-state index in [1.54, 1.807) is 29.0 Å². The van der Waals surface area contributed by atoms with Gasteiger partial charge in [-0.3, -0.25) is 4.79 Å². The predicted molar refractivity (Wildman–Crippen MR) is 139 cm³/mol. The molecule has 0 aliphatic carbocycles. The lowest BCUT2D eigenvalue weighted by Gasteiger charge is -2.33. The zero-order valence-electron chi connectivity index (χ0n) is 19.6. The number of amides is 1. The monoisotopic (exact) mass is 501 g/mol. The van der Waals surface area contributed by atoms with Gasteiger partial charge in [0.15, 0.2) is 5.65 Å². The average molecular weight is 502 g/mol. The lowest BCUT2D eigenvalue weighted by Crippen LogP contribution is -2.57. The molecule has 1 unspecified atom stereocenters. The first-order valence-electron chi connectivity index (χ1n) is 11.8. The van der Waals surface area contributed by atoms with Crippen molar-refractivity contribution in [1.82, 2.24) is 30.4 Å². The van der Waals surface area contributed by atoms with E-state index < -0.39 is 0 Å². The number of rotatable bonds is 5. The number of aryl methyl sites for hydroxylation is 1. The number of nitrogens with one attached hydrogen (secondary N) is 2. The first kappa shape index (κ1) is 22.6. The van der Waals surface area contributed by atoms with Crippen LogP contribution in [0, 0.1) is 12.7 Å². The van der Waals surface area contributed by atoms with Crippen molar-refractivity contribution in [3.05, 3.63) is 77.3 Å². The van der Waals surface area contributed by atoms with E-state index in [4.69, 9.17) is 0 Å². The topological polar surface area (TPSA) is 88.0 Å². The Balaban J connectivity index is 1.19. The predicted octanol–water partition coefficient (Wildman–Crippen LogP) is 3.57. The molecule has 1 atom stereocenters. The first-order valence-corrected chi connectivity index (χ1v) is 12.6. The van der Waals surface area contributed by atoms with Crippen LogP contribution in [0.15, 0.2) is 61.1 Å². The first-order chi connectivity index (χ1) is 17.5. The van der Waals surface area contributed by atoms with Gasteiger partial charge >= 0.3 is 0 Å². The maximum Gasteiger partial charge on any atom is 0.239 e. The van der Waals surface area contributed by atoms with E-state index in [9.17, 15) is 9.18 Å². The third-order valence-corrected chi connectivity index (χ3v) is 7.54. The molecular formula is C26H24FN7OS. The van der Waals surface area contributed by atoms with Gasteiger partial charge in [0.2, 0.25) is 5.91 Å². The molecule has 0 spiro atoms. The number of carbonyl (C=O) groups excluding carboxylic acids is 1. The minimum Gasteiger partial charge on any atom is -0.353 e. The maximum atomic E-state index is 14.1. The number of fused-ring (bicyclic) bond motifs is 2. The highest BCUT2D eigenvalue weighted by molar-refractivity contribution is 7.19. The van der Waals surface area contributed by atoms with Crippen molar-refractivity contribution in [2.45, 2.75) is 19.5 Å². The maximum absolute atomic E-state index is 14.1. The van der Waals surface area contributed by atoms with Gasteiger partial charge in [0, 0.05) is 35.4 Å². The highest BCUT2D eigenvalue weighted by Gasteiger charge is 2.27. The third-order valence-electron chi connectivity index (χ3n) is 6.42. The Bertz CT molecular complexity index is 1550. The summed E-state index contributed by atoms with van der Waals surface area (Å²) in [7, 11) is 0. The van der Waals surface area contributed by atoms with Crippen LogP contribution in [0.4, 0.5) is 10.2 Å². The molecule has 1 fully saturated rings. The second-order valence-electron chi connectivity index (χ2n) is 8.86. The fraction of sp³-hybridized carbons (Fsp3) is 0.231. The molecule has 1 saturated heterocycles. The van der Waals surface area contributed by atoms with Gasteiger partial charge in [0.05, 0.1) is 17.6 Å². The number of carbonyl (C=O) groups is 1. The van der Waals surface area contributed by atoms with Crippen LogP contribution in [0.2, 0.25) is 0 Å². The normalized spacial score (nSPS) is 16.1. The lowest BCUT2D eigenvalue weighted by atomic mass is 10.2. The third kappa shape index (κ3) is 4.29. The van der Waals surface area contributed by atoms with Crippen molar-refractivity contribution < 1.29 is 9.18 Å². The number of thiophene rings is 1. The molecule has 1 aliphatic rings.